The van der Waals surface area contributed by atoms with E-state index in [9.17, 15) is 13.6 Å². The van der Waals surface area contributed by atoms with E-state index in [1.165, 1.54) is 6.07 Å². The largest absolute Gasteiger partial charge is 0.467 e. The average molecular weight is 321 g/mol. The van der Waals surface area contributed by atoms with Crippen molar-refractivity contribution in [2.75, 3.05) is 31.1 Å². The molecule has 5 nitrogen and oxygen atoms in total. The van der Waals surface area contributed by atoms with Gasteiger partial charge in [-0.2, -0.15) is 0 Å². The van der Waals surface area contributed by atoms with E-state index in [1.807, 2.05) is 4.90 Å². The predicted molar refractivity (Wildman–Crippen MR) is 81.1 cm³/mol. The van der Waals surface area contributed by atoms with E-state index in [2.05, 4.69) is 5.32 Å². The van der Waals surface area contributed by atoms with E-state index in [0.29, 0.717) is 44.2 Å². The van der Waals surface area contributed by atoms with Gasteiger partial charge in [-0.1, -0.05) is 0 Å². The SMILES string of the molecule is O=C(NCc1ccco1)N1CCN(c2ccc(F)c(F)c2)CC1. The fraction of sp³-hybridized carbons (Fsp3) is 0.312. The van der Waals surface area contributed by atoms with Crippen LogP contribution in [0, 0.1) is 11.6 Å². The van der Waals surface area contributed by atoms with Crippen LogP contribution >= 0.6 is 0 Å². The van der Waals surface area contributed by atoms with Crippen molar-refractivity contribution in [3.05, 3.63) is 54.0 Å². The van der Waals surface area contributed by atoms with Crippen molar-refractivity contribution in [1.82, 2.24) is 10.2 Å². The maximum atomic E-state index is 13.3. The van der Waals surface area contributed by atoms with Gasteiger partial charge in [-0.05, 0) is 24.3 Å². The lowest BCUT2D eigenvalue weighted by atomic mass is 10.2. The number of furan rings is 1. The van der Waals surface area contributed by atoms with E-state index in [4.69, 9.17) is 4.42 Å². The number of nitrogens with zero attached hydrogens (tertiary/aromatic N) is 2. The molecule has 122 valence electrons. The lowest BCUT2D eigenvalue weighted by molar-refractivity contribution is 0.193. The first kappa shape index (κ1) is 15.3. The molecule has 1 aliphatic heterocycles. The summed E-state index contributed by atoms with van der Waals surface area (Å²) in [5.41, 5.74) is 0.625. The van der Waals surface area contributed by atoms with Gasteiger partial charge in [-0.15, -0.1) is 0 Å². The third-order valence-corrected chi connectivity index (χ3v) is 3.83. The second-order valence-corrected chi connectivity index (χ2v) is 5.31. The summed E-state index contributed by atoms with van der Waals surface area (Å²) in [6.07, 6.45) is 1.56. The number of hydrogen-bond donors (Lipinski definition) is 1. The minimum Gasteiger partial charge on any atom is -0.467 e. The third-order valence-electron chi connectivity index (χ3n) is 3.83. The van der Waals surface area contributed by atoms with Gasteiger partial charge in [0.2, 0.25) is 0 Å². The Morgan fingerprint density at radius 2 is 1.91 bits per heavy atom. The van der Waals surface area contributed by atoms with Gasteiger partial charge in [-0.3, -0.25) is 0 Å². The number of carbonyl (C=O) groups excluding carboxylic acids is 1. The number of anilines is 1. The summed E-state index contributed by atoms with van der Waals surface area (Å²) in [6.45, 7) is 2.51. The Morgan fingerprint density at radius 1 is 1.13 bits per heavy atom. The number of benzene rings is 1. The molecule has 1 aromatic heterocycles. The first-order valence-corrected chi connectivity index (χ1v) is 7.38. The molecule has 0 saturated carbocycles. The number of halogens is 2. The Labute approximate surface area is 132 Å². The van der Waals surface area contributed by atoms with E-state index in [1.54, 1.807) is 29.4 Å². The van der Waals surface area contributed by atoms with E-state index >= 15 is 0 Å². The van der Waals surface area contributed by atoms with Gasteiger partial charge in [0.15, 0.2) is 11.6 Å². The zero-order valence-corrected chi connectivity index (χ0v) is 12.5. The molecule has 0 unspecified atom stereocenters. The van der Waals surface area contributed by atoms with Gasteiger partial charge >= 0.3 is 6.03 Å². The summed E-state index contributed by atoms with van der Waals surface area (Å²) >= 11 is 0. The Hall–Kier alpha value is -2.57. The number of amides is 2. The number of nitrogens with one attached hydrogen (secondary N) is 1. The summed E-state index contributed by atoms with van der Waals surface area (Å²) in [5.74, 6) is -1.02. The highest BCUT2D eigenvalue weighted by Gasteiger charge is 2.21. The van der Waals surface area contributed by atoms with E-state index in [0.717, 1.165) is 6.07 Å². The van der Waals surface area contributed by atoms with Gasteiger partial charge < -0.3 is 19.5 Å². The Kier molecular flexibility index (Phi) is 4.45. The molecule has 0 bridgehead atoms. The number of piperazine rings is 1. The van der Waals surface area contributed by atoms with Crippen LogP contribution in [-0.4, -0.2) is 37.1 Å². The molecule has 1 N–H and O–H groups in total. The first-order valence-electron chi connectivity index (χ1n) is 7.38. The number of urea groups is 1. The number of rotatable bonds is 3. The third kappa shape index (κ3) is 3.61. The lowest BCUT2D eigenvalue weighted by Crippen LogP contribution is -2.51. The smallest absolute Gasteiger partial charge is 0.317 e. The highest BCUT2D eigenvalue weighted by molar-refractivity contribution is 5.74. The quantitative estimate of drug-likeness (QED) is 0.945. The maximum Gasteiger partial charge on any atom is 0.317 e. The van der Waals surface area contributed by atoms with Crippen LogP contribution < -0.4 is 10.2 Å². The van der Waals surface area contributed by atoms with Gasteiger partial charge in [0, 0.05) is 37.9 Å². The van der Waals surface area contributed by atoms with Crippen LogP contribution in [0.2, 0.25) is 0 Å². The van der Waals surface area contributed by atoms with Crippen LogP contribution in [0.25, 0.3) is 0 Å². The summed E-state index contributed by atoms with van der Waals surface area (Å²) in [5, 5.41) is 2.79. The van der Waals surface area contributed by atoms with Crippen molar-refractivity contribution in [2.45, 2.75) is 6.54 Å². The molecule has 2 aromatic rings. The van der Waals surface area contributed by atoms with Crippen LogP contribution in [0.1, 0.15) is 5.76 Å². The molecule has 2 amide bonds. The molecular weight excluding hydrogens is 304 g/mol. The van der Waals surface area contributed by atoms with Gasteiger partial charge in [-0.25, -0.2) is 13.6 Å². The first-order chi connectivity index (χ1) is 11.1. The van der Waals surface area contributed by atoms with Crippen molar-refractivity contribution < 1.29 is 18.0 Å². The Morgan fingerprint density at radius 3 is 2.57 bits per heavy atom. The van der Waals surface area contributed by atoms with Crippen molar-refractivity contribution in [3.63, 3.8) is 0 Å². The van der Waals surface area contributed by atoms with Crippen molar-refractivity contribution in [2.24, 2.45) is 0 Å². The monoisotopic (exact) mass is 321 g/mol. The summed E-state index contributed by atoms with van der Waals surface area (Å²) in [4.78, 5) is 15.7. The average Bonchev–Trinajstić information content (AvgIpc) is 3.09. The van der Waals surface area contributed by atoms with Crippen LogP contribution in [-0.2, 0) is 6.54 Å². The molecular formula is C16H17F2N3O2. The standard InChI is InChI=1S/C16H17F2N3O2/c17-14-4-3-12(10-15(14)18)20-5-7-21(8-6-20)16(22)19-11-13-2-1-9-23-13/h1-4,9-10H,5-8,11H2,(H,19,22). The minimum atomic E-state index is -0.860. The molecule has 7 heteroatoms. The van der Waals surface area contributed by atoms with Crippen molar-refractivity contribution in [3.8, 4) is 0 Å². The maximum absolute atomic E-state index is 13.3. The van der Waals surface area contributed by atoms with Crippen LogP contribution in [0.5, 0.6) is 0 Å². The van der Waals surface area contributed by atoms with E-state index < -0.39 is 11.6 Å². The van der Waals surface area contributed by atoms with Crippen molar-refractivity contribution >= 4 is 11.7 Å². The molecule has 1 aliphatic rings. The Balaban J connectivity index is 1.51. The normalized spacial score (nSPS) is 14.9. The van der Waals surface area contributed by atoms with Crippen LogP contribution in [0.4, 0.5) is 19.3 Å². The second kappa shape index (κ2) is 6.68. The number of hydrogen-bond acceptors (Lipinski definition) is 3. The molecule has 2 heterocycles. The summed E-state index contributed by atoms with van der Waals surface area (Å²) in [6, 6.07) is 7.25. The molecule has 0 radical (unpaired) electrons. The molecule has 3 rings (SSSR count). The molecule has 1 saturated heterocycles. The summed E-state index contributed by atoms with van der Waals surface area (Å²) < 4.78 is 31.4. The highest BCUT2D eigenvalue weighted by Crippen LogP contribution is 2.19. The van der Waals surface area contributed by atoms with Gasteiger partial charge in [0.1, 0.15) is 5.76 Å². The molecule has 0 aliphatic carbocycles. The molecule has 0 spiro atoms. The summed E-state index contributed by atoms with van der Waals surface area (Å²) in [7, 11) is 0. The zero-order valence-electron chi connectivity index (χ0n) is 12.5. The van der Waals surface area contributed by atoms with E-state index in [-0.39, 0.29) is 6.03 Å². The van der Waals surface area contributed by atoms with Crippen LogP contribution in [0.3, 0.4) is 0 Å². The molecule has 0 atom stereocenters. The van der Waals surface area contributed by atoms with Gasteiger partial charge in [0.05, 0.1) is 12.8 Å². The fourth-order valence-electron chi connectivity index (χ4n) is 2.54. The molecule has 1 aromatic carbocycles. The molecule has 23 heavy (non-hydrogen) atoms. The minimum absolute atomic E-state index is 0.161. The fourth-order valence-corrected chi connectivity index (χ4v) is 2.54. The zero-order chi connectivity index (χ0) is 16.2. The lowest BCUT2D eigenvalue weighted by Gasteiger charge is -2.36. The van der Waals surface area contributed by atoms with Crippen LogP contribution in [0.15, 0.2) is 41.0 Å². The Bertz CT molecular complexity index is 668. The van der Waals surface area contributed by atoms with Gasteiger partial charge in [0.25, 0.3) is 0 Å². The predicted octanol–water partition coefficient (Wildman–Crippen LogP) is 2.59. The second-order valence-electron chi connectivity index (χ2n) is 5.31. The highest BCUT2D eigenvalue weighted by atomic mass is 19.2. The topological polar surface area (TPSA) is 48.7 Å². The molecule has 1 fully saturated rings. The number of carbonyl (C=O) groups is 1. The van der Waals surface area contributed by atoms with Crippen molar-refractivity contribution in [1.29, 1.82) is 0 Å².